The summed E-state index contributed by atoms with van der Waals surface area (Å²) in [5, 5.41) is 5.98. The average molecular weight is 675 g/mol. The van der Waals surface area contributed by atoms with Crippen molar-refractivity contribution in [3.63, 3.8) is 0 Å². The van der Waals surface area contributed by atoms with Crippen LogP contribution in [0.4, 0.5) is 9.59 Å². The Bertz CT molecular complexity index is 1470. The fourth-order valence-corrected chi connectivity index (χ4v) is 4.85. The Kier molecular flexibility index (Phi) is 14.8. The molecule has 0 fully saturated rings. The van der Waals surface area contributed by atoms with E-state index in [0.29, 0.717) is 0 Å². The lowest BCUT2D eigenvalue weighted by molar-refractivity contribution is -0.170. The maximum Gasteiger partial charge on any atom is 0.408 e. The molecule has 1 atom stereocenters. The summed E-state index contributed by atoms with van der Waals surface area (Å²) in [7, 11) is 2.70. The summed E-state index contributed by atoms with van der Waals surface area (Å²) in [5.41, 5.74) is 1.85. The van der Waals surface area contributed by atoms with Crippen molar-refractivity contribution in [2.75, 3.05) is 33.8 Å². The largest absolute Gasteiger partial charge is 0.445 e. The van der Waals surface area contributed by atoms with Crippen molar-refractivity contribution < 1.29 is 38.3 Å². The van der Waals surface area contributed by atoms with Crippen LogP contribution in [0.2, 0.25) is 0 Å². The topological polar surface area (TPSA) is 144 Å². The third-order valence-corrected chi connectivity index (χ3v) is 7.41. The molecule has 262 valence electrons. The lowest BCUT2D eigenvalue weighted by atomic mass is 9.90. The third-order valence-electron chi connectivity index (χ3n) is 7.41. The standard InChI is InChI=1S/C37H46N4O8/c1-37(2,3)49-35(45)38-24-30(42)21-22-41(25-31(28-17-11-7-12-18-28)29-19-13-8-14-20-29)34(44)32(23-33(43)40(4)47-5)39-36(46)48-26-27-15-9-6-10-16-27/h6-20,31-32H,21-26H2,1-5H3,(H,38,45)(H,39,46). The second-order valence-electron chi connectivity index (χ2n) is 12.3. The van der Waals surface area contributed by atoms with E-state index in [1.807, 2.05) is 66.7 Å². The molecule has 3 rings (SSSR count). The van der Waals surface area contributed by atoms with Crippen LogP contribution in [0.5, 0.6) is 0 Å². The van der Waals surface area contributed by atoms with Crippen molar-refractivity contribution in [1.29, 1.82) is 0 Å². The van der Waals surface area contributed by atoms with Crippen LogP contribution in [-0.2, 0) is 35.3 Å². The molecular weight excluding hydrogens is 628 g/mol. The van der Waals surface area contributed by atoms with Crippen LogP contribution in [0.3, 0.4) is 0 Å². The number of ether oxygens (including phenoxy) is 2. The molecule has 3 aromatic rings. The molecule has 0 aromatic heterocycles. The highest BCUT2D eigenvalue weighted by atomic mass is 16.7. The number of hydrogen-bond acceptors (Lipinski definition) is 8. The smallest absolute Gasteiger partial charge is 0.408 e. The van der Waals surface area contributed by atoms with Gasteiger partial charge in [-0.2, -0.15) is 0 Å². The van der Waals surface area contributed by atoms with Crippen LogP contribution in [0.1, 0.15) is 56.2 Å². The lowest BCUT2D eigenvalue weighted by Crippen LogP contribution is -2.52. The van der Waals surface area contributed by atoms with Crippen molar-refractivity contribution in [2.24, 2.45) is 0 Å². The minimum Gasteiger partial charge on any atom is -0.445 e. The number of nitrogens with one attached hydrogen (secondary N) is 2. The second kappa shape index (κ2) is 18.9. The maximum absolute atomic E-state index is 14.4. The van der Waals surface area contributed by atoms with Gasteiger partial charge in [-0.1, -0.05) is 91.0 Å². The van der Waals surface area contributed by atoms with Gasteiger partial charge in [0.05, 0.1) is 20.1 Å². The van der Waals surface area contributed by atoms with E-state index >= 15 is 0 Å². The van der Waals surface area contributed by atoms with Crippen molar-refractivity contribution in [3.8, 4) is 0 Å². The first-order valence-corrected chi connectivity index (χ1v) is 16.0. The summed E-state index contributed by atoms with van der Waals surface area (Å²) in [6.07, 6.45) is -2.18. The van der Waals surface area contributed by atoms with Crippen molar-refractivity contribution >= 4 is 29.8 Å². The van der Waals surface area contributed by atoms with Crippen LogP contribution in [0.25, 0.3) is 0 Å². The Hall–Kier alpha value is -5.23. The first kappa shape index (κ1) is 38.2. The maximum atomic E-state index is 14.4. The number of amides is 4. The summed E-state index contributed by atoms with van der Waals surface area (Å²) in [6, 6.07) is 26.8. The molecule has 0 bridgehead atoms. The number of Topliss-reactive ketones (excluding diaryl/α,β-unsaturated/α-hetero) is 1. The summed E-state index contributed by atoms with van der Waals surface area (Å²) in [4.78, 5) is 71.9. The van der Waals surface area contributed by atoms with Crippen molar-refractivity contribution in [1.82, 2.24) is 20.6 Å². The average Bonchev–Trinajstić information content (AvgIpc) is 3.09. The van der Waals surface area contributed by atoms with Crippen LogP contribution < -0.4 is 10.6 Å². The number of carbonyl (C=O) groups is 5. The Labute approximate surface area is 287 Å². The number of alkyl carbamates (subject to hydrolysis) is 2. The van der Waals surface area contributed by atoms with Crippen LogP contribution in [-0.4, -0.2) is 85.2 Å². The zero-order chi connectivity index (χ0) is 35.8. The number of ketones is 1. The minimum atomic E-state index is -1.35. The number of benzene rings is 3. The van der Waals surface area contributed by atoms with Gasteiger partial charge in [0, 0.05) is 32.5 Å². The fraction of sp³-hybridized carbons (Fsp3) is 0.378. The molecular formula is C37H46N4O8. The zero-order valence-electron chi connectivity index (χ0n) is 28.7. The van der Waals surface area contributed by atoms with Gasteiger partial charge >= 0.3 is 12.2 Å². The Morgan fingerprint density at radius 3 is 1.88 bits per heavy atom. The molecule has 3 aromatic carbocycles. The molecule has 0 saturated heterocycles. The first-order chi connectivity index (χ1) is 23.4. The number of hydrogen-bond donors (Lipinski definition) is 2. The highest BCUT2D eigenvalue weighted by Crippen LogP contribution is 2.26. The molecule has 0 spiro atoms. The molecule has 4 amide bonds. The predicted molar refractivity (Wildman–Crippen MR) is 183 cm³/mol. The van der Waals surface area contributed by atoms with Gasteiger partial charge < -0.3 is 25.0 Å². The van der Waals surface area contributed by atoms with Gasteiger partial charge in [0.1, 0.15) is 18.2 Å². The van der Waals surface area contributed by atoms with E-state index in [1.165, 1.54) is 19.1 Å². The summed E-state index contributed by atoms with van der Waals surface area (Å²) < 4.78 is 10.6. The Morgan fingerprint density at radius 1 is 0.796 bits per heavy atom. The van der Waals surface area contributed by atoms with Gasteiger partial charge in [-0.3, -0.25) is 19.2 Å². The molecule has 0 aliphatic rings. The third kappa shape index (κ3) is 13.4. The van der Waals surface area contributed by atoms with Crippen LogP contribution in [0, 0.1) is 0 Å². The summed E-state index contributed by atoms with van der Waals surface area (Å²) >= 11 is 0. The normalized spacial score (nSPS) is 11.6. The molecule has 12 nitrogen and oxygen atoms in total. The lowest BCUT2D eigenvalue weighted by Gasteiger charge is -2.32. The van der Waals surface area contributed by atoms with Crippen LogP contribution in [0.15, 0.2) is 91.0 Å². The molecule has 12 heteroatoms. The Morgan fingerprint density at radius 2 is 1.35 bits per heavy atom. The van der Waals surface area contributed by atoms with Gasteiger partial charge in [0.2, 0.25) is 11.8 Å². The minimum absolute atomic E-state index is 0.0491. The quantitative estimate of drug-likeness (QED) is 0.206. The van der Waals surface area contributed by atoms with Gasteiger partial charge in [0.25, 0.3) is 0 Å². The van der Waals surface area contributed by atoms with Crippen molar-refractivity contribution in [3.05, 3.63) is 108 Å². The molecule has 0 aliphatic carbocycles. The zero-order valence-corrected chi connectivity index (χ0v) is 28.7. The molecule has 2 N–H and O–H groups in total. The van der Waals surface area contributed by atoms with E-state index in [0.717, 1.165) is 21.8 Å². The van der Waals surface area contributed by atoms with E-state index in [4.69, 9.17) is 14.3 Å². The van der Waals surface area contributed by atoms with E-state index in [9.17, 15) is 24.0 Å². The Balaban J connectivity index is 1.89. The highest BCUT2D eigenvalue weighted by molar-refractivity contribution is 5.91. The van der Waals surface area contributed by atoms with Gasteiger partial charge in [0.15, 0.2) is 5.78 Å². The number of carbonyl (C=O) groups excluding carboxylic acids is 5. The van der Waals surface area contributed by atoms with E-state index in [-0.39, 0.29) is 44.4 Å². The highest BCUT2D eigenvalue weighted by Gasteiger charge is 2.32. The molecule has 0 aliphatic heterocycles. The summed E-state index contributed by atoms with van der Waals surface area (Å²) in [5.74, 6) is -1.82. The number of hydroxylamine groups is 2. The molecule has 1 unspecified atom stereocenters. The van der Waals surface area contributed by atoms with E-state index in [2.05, 4.69) is 10.6 Å². The van der Waals surface area contributed by atoms with E-state index < -0.39 is 42.1 Å². The predicted octanol–water partition coefficient (Wildman–Crippen LogP) is 4.84. The fourth-order valence-electron chi connectivity index (χ4n) is 4.85. The molecule has 0 saturated carbocycles. The first-order valence-electron chi connectivity index (χ1n) is 16.0. The molecule has 0 radical (unpaired) electrons. The SMILES string of the molecule is CON(C)C(=O)CC(NC(=O)OCc1ccccc1)C(=O)N(CCC(=O)CNC(=O)OC(C)(C)C)CC(c1ccccc1)c1ccccc1. The molecule has 49 heavy (non-hydrogen) atoms. The molecule has 0 heterocycles. The monoisotopic (exact) mass is 674 g/mol. The van der Waals surface area contributed by atoms with Crippen molar-refractivity contribution in [2.45, 2.75) is 57.8 Å². The van der Waals surface area contributed by atoms with Gasteiger partial charge in [-0.25, -0.2) is 14.7 Å². The van der Waals surface area contributed by atoms with E-state index in [1.54, 1.807) is 45.0 Å². The van der Waals surface area contributed by atoms with Gasteiger partial charge in [-0.05, 0) is 37.5 Å². The van der Waals surface area contributed by atoms with Gasteiger partial charge in [-0.15, -0.1) is 0 Å². The second-order valence-corrected chi connectivity index (χ2v) is 12.3. The summed E-state index contributed by atoms with van der Waals surface area (Å²) in [6.45, 7) is 4.84. The van der Waals surface area contributed by atoms with Crippen LogP contribution >= 0.6 is 0 Å². The number of nitrogens with zero attached hydrogens (tertiary/aromatic N) is 2. The number of rotatable bonds is 16.